The first-order valence-corrected chi connectivity index (χ1v) is 8.19. The Morgan fingerprint density at radius 3 is 2.32 bits per heavy atom. The molecule has 0 aromatic heterocycles. The van der Waals surface area contributed by atoms with Crippen molar-refractivity contribution in [2.75, 3.05) is 13.2 Å². The van der Waals surface area contributed by atoms with Gasteiger partial charge in [0.1, 0.15) is 25.3 Å². The van der Waals surface area contributed by atoms with Gasteiger partial charge in [0.15, 0.2) is 5.57 Å². The molecule has 0 amide bonds. The minimum absolute atomic E-state index is 0.0199. The number of nitriles is 1. The highest BCUT2D eigenvalue weighted by Gasteiger charge is 2.30. The summed E-state index contributed by atoms with van der Waals surface area (Å²) in [5.74, 6) is 0.774. The van der Waals surface area contributed by atoms with Gasteiger partial charge in [-0.2, -0.15) is 5.26 Å². The predicted molar refractivity (Wildman–Crippen MR) is 93.5 cm³/mol. The van der Waals surface area contributed by atoms with Crippen molar-refractivity contribution < 1.29 is 9.47 Å². The van der Waals surface area contributed by atoms with Crippen LogP contribution in [0, 0.1) is 11.3 Å². The molecule has 2 aromatic carbocycles. The van der Waals surface area contributed by atoms with Gasteiger partial charge in [0.05, 0.1) is 6.04 Å². The van der Waals surface area contributed by atoms with Crippen LogP contribution in [-0.4, -0.2) is 19.1 Å². The van der Waals surface area contributed by atoms with E-state index in [1.165, 1.54) is 0 Å². The van der Waals surface area contributed by atoms with Gasteiger partial charge in [0, 0.05) is 0 Å². The van der Waals surface area contributed by atoms with Crippen molar-refractivity contribution in [1.82, 2.24) is 5.32 Å². The zero-order valence-electron chi connectivity index (χ0n) is 13.6. The second-order valence-corrected chi connectivity index (χ2v) is 5.91. The smallest absolute Gasteiger partial charge is 0.233 e. The first-order chi connectivity index (χ1) is 12.3. The number of aliphatic imine (C=N–C) groups is 1. The largest absolute Gasteiger partial charge is 0.476 e. The van der Waals surface area contributed by atoms with Crippen LogP contribution in [0.15, 0.2) is 77.1 Å². The first kappa shape index (κ1) is 15.3. The van der Waals surface area contributed by atoms with Crippen LogP contribution in [0.5, 0.6) is 0 Å². The molecule has 0 bridgehead atoms. The summed E-state index contributed by atoms with van der Waals surface area (Å²) in [5.41, 5.74) is 2.50. The van der Waals surface area contributed by atoms with E-state index in [9.17, 15) is 5.26 Å². The lowest BCUT2D eigenvalue weighted by Gasteiger charge is -2.08. The summed E-state index contributed by atoms with van der Waals surface area (Å²) in [6.45, 7) is 0.903. The van der Waals surface area contributed by atoms with Crippen molar-refractivity contribution in [1.29, 1.82) is 5.26 Å². The van der Waals surface area contributed by atoms with Gasteiger partial charge in [-0.1, -0.05) is 60.7 Å². The van der Waals surface area contributed by atoms with E-state index in [1.807, 2.05) is 60.7 Å². The maximum absolute atomic E-state index is 9.57. The summed E-state index contributed by atoms with van der Waals surface area (Å²) in [4.78, 5) is 4.57. The Morgan fingerprint density at radius 2 is 1.64 bits per heavy atom. The average molecular weight is 331 g/mol. The van der Waals surface area contributed by atoms with Crippen LogP contribution < -0.4 is 5.32 Å². The summed E-state index contributed by atoms with van der Waals surface area (Å²) < 4.78 is 11.4. The molecule has 0 spiro atoms. The normalized spacial score (nSPS) is 23.7. The Hall–Kier alpha value is -3.26. The molecule has 4 rings (SSSR count). The summed E-state index contributed by atoms with van der Waals surface area (Å²) >= 11 is 0. The third kappa shape index (κ3) is 3.07. The number of rotatable bonds is 3. The lowest BCUT2D eigenvalue weighted by molar-refractivity contribution is 0.251. The molecule has 2 aromatic rings. The number of hydrogen-bond donors (Lipinski definition) is 1. The fraction of sp³-hybridized carbons (Fsp3) is 0.200. The van der Waals surface area contributed by atoms with Gasteiger partial charge in [-0.25, -0.2) is 4.99 Å². The number of nitrogens with one attached hydrogen (secondary N) is 1. The first-order valence-electron chi connectivity index (χ1n) is 8.19. The standard InChI is InChI=1S/C20H17N3O2/c21-11-16(19-22-17(12-24-19)14-7-3-1-4-8-14)20-23-18(13-25-20)15-9-5-2-6-10-15/h1-10,17-18,22H,12-13H2/b19-16+/t17-,18+/m0/s1. The van der Waals surface area contributed by atoms with Gasteiger partial charge in [-0.05, 0) is 11.1 Å². The Balaban J connectivity index is 1.57. The zero-order chi connectivity index (χ0) is 17.1. The summed E-state index contributed by atoms with van der Waals surface area (Å²) in [5, 5.41) is 12.8. The fourth-order valence-electron chi connectivity index (χ4n) is 2.97. The van der Waals surface area contributed by atoms with Gasteiger partial charge in [0.2, 0.25) is 11.8 Å². The van der Waals surface area contributed by atoms with Crippen molar-refractivity contribution in [3.8, 4) is 6.07 Å². The quantitative estimate of drug-likeness (QED) is 0.877. The second-order valence-electron chi connectivity index (χ2n) is 5.91. The van der Waals surface area contributed by atoms with Crippen molar-refractivity contribution in [3.63, 3.8) is 0 Å². The van der Waals surface area contributed by atoms with Gasteiger partial charge < -0.3 is 14.8 Å². The minimum Gasteiger partial charge on any atom is -0.476 e. The maximum atomic E-state index is 9.57. The van der Waals surface area contributed by atoms with Crippen LogP contribution >= 0.6 is 0 Å². The molecular weight excluding hydrogens is 314 g/mol. The lowest BCUT2D eigenvalue weighted by atomic mass is 10.1. The second kappa shape index (κ2) is 6.70. The maximum Gasteiger partial charge on any atom is 0.233 e. The molecule has 0 aliphatic carbocycles. The number of benzene rings is 2. The van der Waals surface area contributed by atoms with Gasteiger partial charge in [-0.15, -0.1) is 0 Å². The molecule has 0 unspecified atom stereocenters. The topological polar surface area (TPSA) is 66.6 Å². The third-order valence-electron chi connectivity index (χ3n) is 4.29. The molecular formula is C20H17N3O2. The molecule has 25 heavy (non-hydrogen) atoms. The van der Waals surface area contributed by atoms with Gasteiger partial charge in [0.25, 0.3) is 0 Å². The van der Waals surface area contributed by atoms with Crippen LogP contribution in [0.2, 0.25) is 0 Å². The van der Waals surface area contributed by atoms with Crippen LogP contribution in [0.1, 0.15) is 23.2 Å². The molecule has 124 valence electrons. The summed E-state index contributed by atoms with van der Waals surface area (Å²) in [6.07, 6.45) is 0. The molecule has 2 atom stereocenters. The Morgan fingerprint density at radius 1 is 0.960 bits per heavy atom. The van der Waals surface area contributed by atoms with E-state index in [4.69, 9.17) is 9.47 Å². The molecule has 2 aliphatic rings. The molecule has 2 aliphatic heterocycles. The summed E-state index contributed by atoms with van der Waals surface area (Å²) in [6, 6.07) is 22.0. The third-order valence-corrected chi connectivity index (χ3v) is 4.29. The van der Waals surface area contributed by atoms with Crippen molar-refractivity contribution in [2.45, 2.75) is 12.1 Å². The SMILES string of the molecule is N#C/C(C1=N[C@@H](c2ccccc2)CO1)=C1/N[C@H](c2ccccc2)CO1. The molecule has 2 heterocycles. The molecule has 1 N–H and O–H groups in total. The Kier molecular flexibility index (Phi) is 4.09. The Labute approximate surface area is 146 Å². The van der Waals surface area contributed by atoms with Gasteiger partial charge >= 0.3 is 0 Å². The van der Waals surface area contributed by atoms with Crippen molar-refractivity contribution >= 4 is 5.90 Å². The highest BCUT2D eigenvalue weighted by molar-refractivity contribution is 5.98. The molecule has 1 saturated heterocycles. The zero-order valence-corrected chi connectivity index (χ0v) is 13.6. The average Bonchev–Trinajstić information content (AvgIpc) is 3.35. The number of hydrogen-bond acceptors (Lipinski definition) is 5. The number of ether oxygens (including phenoxy) is 2. The van der Waals surface area contributed by atoms with E-state index in [-0.39, 0.29) is 12.1 Å². The van der Waals surface area contributed by atoms with E-state index >= 15 is 0 Å². The molecule has 0 radical (unpaired) electrons. The highest BCUT2D eigenvalue weighted by atomic mass is 16.5. The predicted octanol–water partition coefficient (Wildman–Crippen LogP) is 3.25. The monoisotopic (exact) mass is 331 g/mol. The van der Waals surface area contributed by atoms with Gasteiger partial charge in [-0.3, -0.25) is 0 Å². The molecule has 5 heteroatoms. The molecule has 0 saturated carbocycles. The van der Waals surface area contributed by atoms with Crippen molar-refractivity contribution in [2.24, 2.45) is 4.99 Å². The Bertz CT molecular complexity index is 854. The van der Waals surface area contributed by atoms with E-state index in [2.05, 4.69) is 16.4 Å². The van der Waals surface area contributed by atoms with E-state index in [0.717, 1.165) is 11.1 Å². The van der Waals surface area contributed by atoms with Crippen LogP contribution in [0.25, 0.3) is 0 Å². The van der Waals surface area contributed by atoms with E-state index in [1.54, 1.807) is 0 Å². The minimum atomic E-state index is -0.0912. The molecule has 5 nitrogen and oxygen atoms in total. The summed E-state index contributed by atoms with van der Waals surface area (Å²) in [7, 11) is 0. The fourth-order valence-corrected chi connectivity index (χ4v) is 2.97. The molecule has 1 fully saturated rings. The van der Waals surface area contributed by atoms with Crippen LogP contribution in [0.4, 0.5) is 0 Å². The van der Waals surface area contributed by atoms with E-state index < -0.39 is 0 Å². The van der Waals surface area contributed by atoms with Crippen LogP contribution in [-0.2, 0) is 9.47 Å². The van der Waals surface area contributed by atoms with E-state index in [0.29, 0.717) is 30.6 Å². The lowest BCUT2D eigenvalue weighted by Crippen LogP contribution is -2.17. The highest BCUT2D eigenvalue weighted by Crippen LogP contribution is 2.28. The number of nitrogens with zero attached hydrogens (tertiary/aromatic N) is 2. The van der Waals surface area contributed by atoms with Crippen molar-refractivity contribution in [3.05, 3.63) is 83.2 Å². The van der Waals surface area contributed by atoms with Crippen LogP contribution in [0.3, 0.4) is 0 Å².